The molecule has 0 spiro atoms. The molecule has 0 unspecified atom stereocenters. The number of aliphatic imine (C=N–C) groups is 1. The Bertz CT molecular complexity index is 903. The second-order valence-corrected chi connectivity index (χ2v) is 6.72. The fourth-order valence-electron chi connectivity index (χ4n) is 2.21. The number of nitrogens with two attached hydrogens (primary N) is 1. The van der Waals surface area contributed by atoms with Crippen molar-refractivity contribution in [3.63, 3.8) is 0 Å². The first-order valence-corrected chi connectivity index (χ1v) is 8.67. The highest BCUT2D eigenvalue weighted by molar-refractivity contribution is 7.92. The van der Waals surface area contributed by atoms with Gasteiger partial charge in [0.05, 0.1) is 16.3 Å². The first kappa shape index (κ1) is 15.8. The topological polar surface area (TPSA) is 87.8 Å². The van der Waals surface area contributed by atoms with E-state index in [1.54, 1.807) is 66.1 Å². The fraction of sp³-hybridized carbons (Fsp3) is 0. The predicted molar refractivity (Wildman–Crippen MR) is 97.4 cm³/mol. The molecule has 122 valence electrons. The van der Waals surface area contributed by atoms with E-state index in [-0.39, 0.29) is 4.90 Å². The molecule has 0 fully saturated rings. The van der Waals surface area contributed by atoms with Gasteiger partial charge in [0.15, 0.2) is 0 Å². The molecule has 0 amide bonds. The van der Waals surface area contributed by atoms with E-state index in [9.17, 15) is 8.42 Å². The van der Waals surface area contributed by atoms with Crippen LogP contribution in [0.4, 0.5) is 17.1 Å². The van der Waals surface area contributed by atoms with Gasteiger partial charge in [-0.3, -0.25) is 9.71 Å². The highest BCUT2D eigenvalue weighted by Crippen LogP contribution is 2.28. The summed E-state index contributed by atoms with van der Waals surface area (Å²) in [6.07, 6.45) is 8.56. The molecule has 0 saturated carbocycles. The third kappa shape index (κ3) is 3.47. The van der Waals surface area contributed by atoms with Gasteiger partial charge in [-0.25, -0.2) is 8.42 Å². The van der Waals surface area contributed by atoms with Crippen molar-refractivity contribution < 1.29 is 8.42 Å². The third-order valence-electron chi connectivity index (χ3n) is 3.35. The van der Waals surface area contributed by atoms with E-state index >= 15 is 0 Å². The zero-order chi connectivity index (χ0) is 17.0. The van der Waals surface area contributed by atoms with Gasteiger partial charge in [0, 0.05) is 30.5 Å². The third-order valence-corrected chi connectivity index (χ3v) is 4.72. The van der Waals surface area contributed by atoms with E-state index in [1.807, 2.05) is 6.07 Å². The molecule has 7 heteroatoms. The van der Waals surface area contributed by atoms with Gasteiger partial charge in [0.25, 0.3) is 10.0 Å². The Balaban J connectivity index is 1.89. The molecule has 1 aliphatic heterocycles. The predicted octanol–water partition coefficient (Wildman–Crippen LogP) is 2.95. The maximum atomic E-state index is 12.5. The zero-order valence-electron chi connectivity index (χ0n) is 12.7. The summed E-state index contributed by atoms with van der Waals surface area (Å²) in [6.45, 7) is 0. The summed E-state index contributed by atoms with van der Waals surface area (Å²) in [5.74, 6) is 0. The van der Waals surface area contributed by atoms with Gasteiger partial charge in [0.2, 0.25) is 0 Å². The Labute approximate surface area is 140 Å². The van der Waals surface area contributed by atoms with E-state index in [0.717, 1.165) is 0 Å². The molecular weight excluding hydrogens is 324 g/mol. The quantitative estimate of drug-likeness (QED) is 0.838. The van der Waals surface area contributed by atoms with Crippen molar-refractivity contribution in [3.8, 4) is 0 Å². The maximum absolute atomic E-state index is 12.5. The number of anilines is 3. The highest BCUT2D eigenvalue weighted by Gasteiger charge is 2.16. The van der Waals surface area contributed by atoms with Crippen LogP contribution in [0.5, 0.6) is 0 Å². The smallest absolute Gasteiger partial charge is 0.261 e. The number of hydrogen-bond acceptors (Lipinski definition) is 5. The lowest BCUT2D eigenvalue weighted by Crippen LogP contribution is -2.14. The van der Waals surface area contributed by atoms with Gasteiger partial charge in [-0.05, 0) is 36.4 Å². The average Bonchev–Trinajstić information content (AvgIpc) is 2.84. The normalized spacial score (nSPS) is 13.8. The Morgan fingerprint density at radius 1 is 1.04 bits per heavy atom. The molecule has 2 aromatic carbocycles. The molecule has 0 atom stereocenters. The lowest BCUT2D eigenvalue weighted by atomic mass is 10.2. The van der Waals surface area contributed by atoms with Gasteiger partial charge >= 0.3 is 0 Å². The minimum absolute atomic E-state index is 0.103. The van der Waals surface area contributed by atoms with Crippen LogP contribution >= 0.6 is 0 Å². The molecule has 0 saturated heterocycles. The molecule has 3 rings (SSSR count). The minimum Gasteiger partial charge on any atom is -0.397 e. The molecule has 3 N–H and O–H groups in total. The van der Waals surface area contributed by atoms with Gasteiger partial charge in [-0.15, -0.1) is 0 Å². The molecule has 0 radical (unpaired) electrons. The van der Waals surface area contributed by atoms with Gasteiger partial charge in [-0.1, -0.05) is 18.2 Å². The molecule has 6 nitrogen and oxygen atoms in total. The number of para-hydroxylation sites is 1. The number of sulfonamides is 1. The number of rotatable bonds is 4. The molecule has 1 heterocycles. The van der Waals surface area contributed by atoms with Crippen molar-refractivity contribution >= 4 is 33.3 Å². The largest absolute Gasteiger partial charge is 0.397 e. The summed E-state index contributed by atoms with van der Waals surface area (Å²) < 4.78 is 27.5. The zero-order valence-corrected chi connectivity index (χ0v) is 13.5. The van der Waals surface area contributed by atoms with E-state index in [1.165, 1.54) is 12.1 Å². The number of nitrogen functional groups attached to an aromatic ring is 1. The summed E-state index contributed by atoms with van der Waals surface area (Å²) in [5.41, 5.74) is 7.57. The van der Waals surface area contributed by atoms with Crippen LogP contribution in [-0.2, 0) is 10.0 Å². The van der Waals surface area contributed by atoms with Gasteiger partial charge in [0.1, 0.15) is 0 Å². The number of nitrogens with zero attached hydrogens (tertiary/aromatic N) is 2. The van der Waals surface area contributed by atoms with Crippen LogP contribution in [0.2, 0.25) is 0 Å². The molecule has 0 aliphatic carbocycles. The molecule has 1 aliphatic rings. The summed E-state index contributed by atoms with van der Waals surface area (Å²) in [6, 6.07) is 13.3. The summed E-state index contributed by atoms with van der Waals surface area (Å²) in [5, 5.41) is 0. The second-order valence-electron chi connectivity index (χ2n) is 5.04. The first-order chi connectivity index (χ1) is 11.6. The first-order valence-electron chi connectivity index (χ1n) is 7.19. The monoisotopic (exact) mass is 340 g/mol. The van der Waals surface area contributed by atoms with E-state index in [4.69, 9.17) is 5.73 Å². The molecule has 2 aromatic rings. The standard InChI is InChI=1S/C17H16N4O2S/c18-16-13-15(24(22,23)20-14-5-2-1-3-6-14)7-8-17(16)21-11-4-9-19-10-12-21/h1-13,20H,18H2. The number of nitrogens with one attached hydrogen (secondary N) is 1. The summed E-state index contributed by atoms with van der Waals surface area (Å²) in [4.78, 5) is 5.87. The van der Waals surface area contributed by atoms with Crippen molar-refractivity contribution in [2.45, 2.75) is 4.90 Å². The molecular formula is C17H16N4O2S. The Morgan fingerprint density at radius 3 is 2.58 bits per heavy atom. The van der Waals surface area contributed by atoms with Crippen molar-refractivity contribution in [3.05, 3.63) is 73.2 Å². The minimum atomic E-state index is -3.70. The summed E-state index contributed by atoms with van der Waals surface area (Å²) in [7, 11) is -3.70. The SMILES string of the molecule is Nc1cc(S(=O)(=O)Nc2ccccc2)ccc1N1C=CC=NC=C1. The summed E-state index contributed by atoms with van der Waals surface area (Å²) >= 11 is 0. The van der Waals surface area contributed by atoms with Crippen molar-refractivity contribution in [2.24, 2.45) is 4.99 Å². The highest BCUT2D eigenvalue weighted by atomic mass is 32.2. The van der Waals surface area contributed by atoms with Gasteiger partial charge in [-0.2, -0.15) is 0 Å². The van der Waals surface area contributed by atoms with Crippen LogP contribution < -0.4 is 15.4 Å². The molecule has 0 bridgehead atoms. The lowest BCUT2D eigenvalue weighted by molar-refractivity contribution is 0.601. The van der Waals surface area contributed by atoms with Crippen LogP contribution in [0.1, 0.15) is 0 Å². The number of benzene rings is 2. The maximum Gasteiger partial charge on any atom is 0.261 e. The van der Waals surface area contributed by atoms with E-state index < -0.39 is 10.0 Å². The number of hydrogen-bond donors (Lipinski definition) is 2. The fourth-order valence-corrected chi connectivity index (χ4v) is 3.30. The average molecular weight is 340 g/mol. The van der Waals surface area contributed by atoms with E-state index in [2.05, 4.69) is 9.71 Å². The van der Waals surface area contributed by atoms with Crippen LogP contribution in [0, 0.1) is 0 Å². The number of allylic oxidation sites excluding steroid dienone is 1. The van der Waals surface area contributed by atoms with Crippen LogP contribution in [-0.4, -0.2) is 14.6 Å². The van der Waals surface area contributed by atoms with Crippen LogP contribution in [0.3, 0.4) is 0 Å². The van der Waals surface area contributed by atoms with Crippen LogP contribution in [0.25, 0.3) is 0 Å². The van der Waals surface area contributed by atoms with Crippen LogP contribution in [0.15, 0.2) is 83.1 Å². The Morgan fingerprint density at radius 2 is 1.83 bits per heavy atom. The van der Waals surface area contributed by atoms with Gasteiger partial charge < -0.3 is 10.6 Å². The lowest BCUT2D eigenvalue weighted by Gasteiger charge is -2.18. The second kappa shape index (κ2) is 6.59. The van der Waals surface area contributed by atoms with Crippen molar-refractivity contribution in [1.82, 2.24) is 0 Å². The Hall–Kier alpha value is -3.06. The van der Waals surface area contributed by atoms with Crippen molar-refractivity contribution in [2.75, 3.05) is 15.4 Å². The van der Waals surface area contributed by atoms with Crippen molar-refractivity contribution in [1.29, 1.82) is 0 Å². The van der Waals surface area contributed by atoms with E-state index in [0.29, 0.717) is 17.1 Å². The molecule has 24 heavy (non-hydrogen) atoms. The Kier molecular flexibility index (Phi) is 4.35. The molecule has 0 aromatic heterocycles.